The van der Waals surface area contributed by atoms with E-state index in [1.165, 1.54) is 11.8 Å². The van der Waals surface area contributed by atoms with E-state index >= 15 is 0 Å². The van der Waals surface area contributed by atoms with Gasteiger partial charge in [-0.05, 0) is 30.7 Å². The number of nitrogens with zero attached hydrogens (tertiary/aromatic N) is 1. The zero-order valence-electron chi connectivity index (χ0n) is 14.9. The molecule has 2 amide bonds. The number of hydrogen-bond donors (Lipinski definition) is 1. The van der Waals surface area contributed by atoms with Crippen LogP contribution in [0.1, 0.15) is 12.5 Å². The highest BCUT2D eigenvalue weighted by molar-refractivity contribution is 8.26. The van der Waals surface area contributed by atoms with E-state index in [2.05, 4.69) is 5.32 Å². The number of thioether (sulfide) groups is 1. The minimum atomic E-state index is -0.209. The van der Waals surface area contributed by atoms with Gasteiger partial charge >= 0.3 is 0 Å². The van der Waals surface area contributed by atoms with Crippen molar-refractivity contribution in [3.05, 3.63) is 28.7 Å². The Hall–Kier alpha value is -2.10. The lowest BCUT2D eigenvalue weighted by atomic mass is 10.2. The zero-order chi connectivity index (χ0) is 19.2. The summed E-state index contributed by atoms with van der Waals surface area (Å²) in [6, 6.07) is 5.32. The second-order valence-electron chi connectivity index (χ2n) is 5.77. The third kappa shape index (κ3) is 5.21. The van der Waals surface area contributed by atoms with Crippen LogP contribution in [0.2, 0.25) is 0 Å². The summed E-state index contributed by atoms with van der Waals surface area (Å²) >= 11 is 6.21. The van der Waals surface area contributed by atoms with Crippen LogP contribution in [0.15, 0.2) is 23.1 Å². The molecule has 0 unspecified atom stereocenters. The van der Waals surface area contributed by atoms with Gasteiger partial charge in [-0.25, -0.2) is 0 Å². The van der Waals surface area contributed by atoms with Crippen LogP contribution in [0.3, 0.4) is 0 Å². The van der Waals surface area contributed by atoms with Gasteiger partial charge in [0.25, 0.3) is 11.8 Å². The van der Waals surface area contributed by atoms with E-state index in [-0.39, 0.29) is 18.4 Å². The first-order valence-electron chi connectivity index (χ1n) is 8.57. The van der Waals surface area contributed by atoms with Gasteiger partial charge in [0.05, 0.1) is 24.7 Å². The first kappa shape index (κ1) is 19.7. The van der Waals surface area contributed by atoms with Crippen LogP contribution >= 0.6 is 24.0 Å². The van der Waals surface area contributed by atoms with Gasteiger partial charge in [-0.15, -0.1) is 0 Å². The number of nitrogens with one attached hydrogen (secondary N) is 1. The molecule has 0 radical (unpaired) electrons. The third-order valence-electron chi connectivity index (χ3n) is 3.92. The Morgan fingerprint density at radius 2 is 2.11 bits per heavy atom. The fraction of sp³-hybridized carbons (Fsp3) is 0.389. The molecule has 2 aliphatic rings. The number of hydrogen-bond acceptors (Lipinski definition) is 7. The smallest absolute Gasteiger partial charge is 0.263 e. The Balaban J connectivity index is 1.70. The molecular weight excluding hydrogens is 388 g/mol. The third-order valence-corrected chi connectivity index (χ3v) is 5.09. The Labute approximate surface area is 167 Å². The molecule has 1 aromatic carbocycles. The molecular formula is C18H20N2O5S2. The average Bonchev–Trinajstić information content (AvgIpc) is 2.98. The van der Waals surface area contributed by atoms with Crippen LogP contribution in [-0.4, -0.2) is 60.6 Å². The van der Waals surface area contributed by atoms with E-state index in [9.17, 15) is 9.59 Å². The van der Waals surface area contributed by atoms with E-state index in [0.29, 0.717) is 53.6 Å². The molecule has 1 N–H and O–H groups in total. The average molecular weight is 409 g/mol. The van der Waals surface area contributed by atoms with Crippen molar-refractivity contribution >= 4 is 46.2 Å². The Morgan fingerprint density at radius 3 is 2.78 bits per heavy atom. The number of benzene rings is 1. The molecule has 0 bridgehead atoms. The van der Waals surface area contributed by atoms with Gasteiger partial charge in [0.15, 0.2) is 18.1 Å². The number of carbonyl (C=O) groups excluding carboxylic acids is 2. The monoisotopic (exact) mass is 408 g/mol. The highest BCUT2D eigenvalue weighted by Crippen LogP contribution is 2.32. The molecule has 7 nitrogen and oxygen atoms in total. The van der Waals surface area contributed by atoms with E-state index in [4.69, 9.17) is 26.4 Å². The second kappa shape index (κ2) is 9.20. The van der Waals surface area contributed by atoms with Crippen LogP contribution in [0.4, 0.5) is 0 Å². The van der Waals surface area contributed by atoms with Crippen LogP contribution in [0.25, 0.3) is 6.08 Å². The van der Waals surface area contributed by atoms with Crippen molar-refractivity contribution in [2.75, 3.05) is 39.5 Å². The fourth-order valence-corrected chi connectivity index (χ4v) is 3.66. The molecule has 2 fully saturated rings. The van der Waals surface area contributed by atoms with Gasteiger partial charge in [-0.3, -0.25) is 9.59 Å². The normalized spacial score (nSPS) is 18.6. The maximum absolute atomic E-state index is 12.2. The Bertz CT molecular complexity index is 775. The Kier molecular flexibility index (Phi) is 6.70. The summed E-state index contributed by atoms with van der Waals surface area (Å²) in [6.07, 6.45) is 1.74. The van der Waals surface area contributed by atoms with Crippen molar-refractivity contribution in [2.45, 2.75) is 6.92 Å². The molecule has 2 heterocycles. The molecule has 0 atom stereocenters. The van der Waals surface area contributed by atoms with Crippen molar-refractivity contribution in [2.24, 2.45) is 0 Å². The highest BCUT2D eigenvalue weighted by Gasteiger charge is 2.22. The zero-order valence-corrected chi connectivity index (χ0v) is 16.5. The lowest BCUT2D eigenvalue weighted by molar-refractivity contribution is -0.137. The van der Waals surface area contributed by atoms with Crippen LogP contribution in [0, 0.1) is 0 Å². The van der Waals surface area contributed by atoms with E-state index in [1.807, 2.05) is 6.92 Å². The number of ether oxygens (including phenoxy) is 3. The number of thiocarbonyl (C=S) groups is 1. The van der Waals surface area contributed by atoms with E-state index in [1.54, 1.807) is 29.2 Å². The summed E-state index contributed by atoms with van der Waals surface area (Å²) < 4.78 is 17.0. The molecule has 2 aliphatic heterocycles. The molecule has 144 valence electrons. The minimum Gasteiger partial charge on any atom is -0.490 e. The SMILES string of the molecule is CCOc1cc(/C=C2\SC(=S)NC2=O)ccc1OCC(=O)N1CCOCC1. The van der Waals surface area contributed by atoms with Crippen molar-refractivity contribution < 1.29 is 23.8 Å². The molecule has 3 rings (SSSR count). The summed E-state index contributed by atoms with van der Waals surface area (Å²) in [6.45, 7) is 4.51. The maximum Gasteiger partial charge on any atom is 0.263 e. The van der Waals surface area contributed by atoms with Gasteiger partial charge < -0.3 is 24.4 Å². The van der Waals surface area contributed by atoms with Crippen molar-refractivity contribution in [1.29, 1.82) is 0 Å². The molecule has 9 heteroatoms. The van der Waals surface area contributed by atoms with Crippen LogP contribution < -0.4 is 14.8 Å². The molecule has 1 aromatic rings. The first-order valence-corrected chi connectivity index (χ1v) is 9.79. The summed E-state index contributed by atoms with van der Waals surface area (Å²) in [5.41, 5.74) is 0.785. The standard InChI is InChI=1S/C18H20N2O5S2/c1-2-24-14-9-12(10-15-17(22)19-18(26)27-15)3-4-13(14)25-11-16(21)20-5-7-23-8-6-20/h3-4,9-10H,2,5-8,11H2,1H3,(H,19,22,26)/b15-10-. The van der Waals surface area contributed by atoms with Gasteiger partial charge in [0, 0.05) is 13.1 Å². The molecule has 0 saturated carbocycles. The van der Waals surface area contributed by atoms with Crippen LogP contribution in [-0.2, 0) is 14.3 Å². The van der Waals surface area contributed by atoms with E-state index < -0.39 is 0 Å². The maximum atomic E-state index is 12.2. The predicted octanol–water partition coefficient (Wildman–Crippen LogP) is 1.81. The van der Waals surface area contributed by atoms with Gasteiger partial charge in [-0.2, -0.15) is 0 Å². The molecule has 0 spiro atoms. The van der Waals surface area contributed by atoms with Crippen molar-refractivity contribution in [3.8, 4) is 11.5 Å². The predicted molar refractivity (Wildman–Crippen MR) is 107 cm³/mol. The molecule has 0 aliphatic carbocycles. The lowest BCUT2D eigenvalue weighted by Crippen LogP contribution is -2.43. The topological polar surface area (TPSA) is 77.1 Å². The second-order valence-corrected chi connectivity index (χ2v) is 7.49. The van der Waals surface area contributed by atoms with Crippen molar-refractivity contribution in [3.63, 3.8) is 0 Å². The highest BCUT2D eigenvalue weighted by atomic mass is 32.2. The largest absolute Gasteiger partial charge is 0.490 e. The number of morpholine rings is 1. The number of carbonyl (C=O) groups is 2. The lowest BCUT2D eigenvalue weighted by Gasteiger charge is -2.26. The van der Waals surface area contributed by atoms with Gasteiger partial charge in [0.1, 0.15) is 4.32 Å². The molecule has 0 aromatic heterocycles. The van der Waals surface area contributed by atoms with Gasteiger partial charge in [-0.1, -0.05) is 30.0 Å². The summed E-state index contributed by atoms with van der Waals surface area (Å²) in [5.74, 6) is 0.714. The first-order chi connectivity index (χ1) is 13.1. The summed E-state index contributed by atoms with van der Waals surface area (Å²) in [4.78, 5) is 26.3. The van der Waals surface area contributed by atoms with Crippen LogP contribution in [0.5, 0.6) is 11.5 Å². The van der Waals surface area contributed by atoms with E-state index in [0.717, 1.165) is 5.56 Å². The Morgan fingerprint density at radius 1 is 1.33 bits per heavy atom. The molecule has 27 heavy (non-hydrogen) atoms. The number of amides is 2. The fourth-order valence-electron chi connectivity index (χ4n) is 2.62. The van der Waals surface area contributed by atoms with Gasteiger partial charge in [0.2, 0.25) is 0 Å². The summed E-state index contributed by atoms with van der Waals surface area (Å²) in [7, 11) is 0. The summed E-state index contributed by atoms with van der Waals surface area (Å²) in [5, 5.41) is 2.58. The molecule has 2 saturated heterocycles. The number of rotatable bonds is 6. The minimum absolute atomic E-state index is 0.0625. The quantitative estimate of drug-likeness (QED) is 0.568. The van der Waals surface area contributed by atoms with Crippen molar-refractivity contribution in [1.82, 2.24) is 10.2 Å².